The number of ether oxygens (including phenoxy) is 2. The predicted molar refractivity (Wildman–Crippen MR) is 180 cm³/mol. The Hall–Kier alpha value is -3.64. The lowest BCUT2D eigenvalue weighted by atomic mass is 9.95. The van der Waals surface area contributed by atoms with Crippen LogP contribution in [0.1, 0.15) is 35.6 Å². The van der Waals surface area contributed by atoms with E-state index in [1.54, 1.807) is 13.2 Å². The second kappa shape index (κ2) is 13.1. The number of nitrogens with zero attached hydrogens (tertiary/aromatic N) is 4. The zero-order chi connectivity index (χ0) is 32.8. The number of fused-ring (bicyclic) bond motifs is 2. The molecule has 7 rings (SSSR count). The van der Waals surface area contributed by atoms with Gasteiger partial charge in [-0.1, -0.05) is 65.1 Å². The fraction of sp³-hybridized carbons (Fsp3) is 0.324. The molecule has 0 amide bonds. The number of rotatable bonds is 9. The summed E-state index contributed by atoms with van der Waals surface area (Å²) in [4.78, 5) is 24.2. The molecule has 47 heavy (non-hydrogen) atoms. The van der Waals surface area contributed by atoms with Crippen LogP contribution >= 0.6 is 34.8 Å². The van der Waals surface area contributed by atoms with Gasteiger partial charge in [0.05, 0.1) is 30.4 Å². The van der Waals surface area contributed by atoms with Gasteiger partial charge in [-0.15, -0.1) is 0 Å². The molecule has 0 bridgehead atoms. The van der Waals surface area contributed by atoms with E-state index in [1.165, 1.54) is 10.8 Å². The lowest BCUT2D eigenvalue weighted by Crippen LogP contribution is -2.22. The molecule has 4 heterocycles. The monoisotopic (exact) mass is 696 g/mol. The van der Waals surface area contributed by atoms with Crippen molar-refractivity contribution in [3.05, 3.63) is 90.8 Å². The van der Waals surface area contributed by atoms with Crippen molar-refractivity contribution in [3.8, 4) is 34.3 Å². The van der Waals surface area contributed by atoms with E-state index >= 15 is 0 Å². The molecule has 1 saturated heterocycles. The minimum atomic E-state index is -0.416. The van der Waals surface area contributed by atoms with Gasteiger partial charge in [0.25, 0.3) is 5.56 Å². The molecular weight excluding hydrogens is 667 g/mol. The van der Waals surface area contributed by atoms with E-state index in [2.05, 4.69) is 14.9 Å². The molecule has 244 valence electrons. The van der Waals surface area contributed by atoms with Gasteiger partial charge in [0.2, 0.25) is 17.7 Å². The molecule has 0 radical (unpaired) electrons. The number of hydrogen-bond acceptors (Lipinski definition) is 9. The Morgan fingerprint density at radius 2 is 1.81 bits per heavy atom. The molecule has 1 aliphatic heterocycles. The standard InChI is InChI=1S/C34H31Cl3N4O6/c1-45-31-18(15-40-11-10-19(43)16-40)14-25(35)33(39-31)46-27-9-8-21-20(4-2-5-22(21)27)23-6-3-7-24(28(23)37)32-38-29-30(47-32)26(36)17-41(12-13-42)34(29)44/h2-7,14,17,19,27,42-43H,8-13,15-16H2,1H3/t19-,27+/m1/s1. The van der Waals surface area contributed by atoms with E-state index in [-0.39, 0.29) is 47.4 Å². The first-order valence-electron chi connectivity index (χ1n) is 15.3. The first kappa shape index (κ1) is 31.9. The van der Waals surface area contributed by atoms with E-state index < -0.39 is 5.56 Å². The van der Waals surface area contributed by atoms with Gasteiger partial charge in [0, 0.05) is 43.5 Å². The van der Waals surface area contributed by atoms with Crippen LogP contribution in [0.25, 0.3) is 33.7 Å². The highest BCUT2D eigenvalue weighted by molar-refractivity contribution is 6.36. The second-order valence-electron chi connectivity index (χ2n) is 11.7. The summed E-state index contributed by atoms with van der Waals surface area (Å²) in [5.41, 5.74) is 4.98. The van der Waals surface area contributed by atoms with Crippen molar-refractivity contribution in [2.45, 2.75) is 44.6 Å². The van der Waals surface area contributed by atoms with Crippen LogP contribution in [0.5, 0.6) is 11.8 Å². The molecule has 0 unspecified atom stereocenters. The number of benzene rings is 2. The van der Waals surface area contributed by atoms with Crippen molar-refractivity contribution in [1.29, 1.82) is 0 Å². The normalized spacial score (nSPS) is 17.8. The van der Waals surface area contributed by atoms with Crippen molar-refractivity contribution in [2.75, 3.05) is 26.8 Å². The smallest absolute Gasteiger partial charge is 0.280 e. The summed E-state index contributed by atoms with van der Waals surface area (Å²) in [7, 11) is 1.57. The number of aliphatic hydroxyl groups excluding tert-OH is 2. The largest absolute Gasteiger partial charge is 0.481 e. The number of pyridine rings is 2. The van der Waals surface area contributed by atoms with E-state index in [9.17, 15) is 15.0 Å². The van der Waals surface area contributed by atoms with E-state index in [0.717, 1.165) is 47.2 Å². The van der Waals surface area contributed by atoms with Crippen LogP contribution in [0.4, 0.5) is 0 Å². The average molecular weight is 698 g/mol. The molecule has 2 atom stereocenters. The van der Waals surface area contributed by atoms with Crippen LogP contribution in [0.2, 0.25) is 15.1 Å². The van der Waals surface area contributed by atoms with Crippen LogP contribution < -0.4 is 15.0 Å². The first-order valence-corrected chi connectivity index (χ1v) is 16.4. The summed E-state index contributed by atoms with van der Waals surface area (Å²) in [6, 6.07) is 13.4. The quantitative estimate of drug-likeness (QED) is 0.182. The van der Waals surface area contributed by atoms with Crippen molar-refractivity contribution < 1.29 is 24.1 Å². The van der Waals surface area contributed by atoms with Crippen molar-refractivity contribution in [1.82, 2.24) is 19.4 Å². The number of likely N-dealkylation sites (tertiary alicyclic amines) is 1. The summed E-state index contributed by atoms with van der Waals surface area (Å²) in [5, 5.41) is 20.3. The Bertz CT molecular complexity index is 2050. The second-order valence-corrected chi connectivity index (χ2v) is 12.9. The van der Waals surface area contributed by atoms with E-state index in [0.29, 0.717) is 46.9 Å². The molecule has 0 saturated carbocycles. The highest BCUT2D eigenvalue weighted by Gasteiger charge is 2.30. The average Bonchev–Trinajstić information content (AvgIpc) is 3.80. The molecule has 1 aliphatic carbocycles. The van der Waals surface area contributed by atoms with Crippen molar-refractivity contribution in [3.63, 3.8) is 0 Å². The third-order valence-corrected chi connectivity index (χ3v) is 9.67. The summed E-state index contributed by atoms with van der Waals surface area (Å²) < 4.78 is 19.3. The minimum Gasteiger partial charge on any atom is -0.481 e. The SMILES string of the molecule is COc1nc(O[C@H]2CCc3c(-c4cccc(-c5nc6c(=O)n(CCO)cc(Cl)c6o5)c4Cl)cccc32)c(Cl)cc1CN1CC[C@@H](O)C1. The topological polar surface area (TPSA) is 123 Å². The fourth-order valence-corrected chi connectivity index (χ4v) is 7.27. The third kappa shape index (κ3) is 5.99. The van der Waals surface area contributed by atoms with Gasteiger partial charge in [0.15, 0.2) is 11.1 Å². The van der Waals surface area contributed by atoms with Gasteiger partial charge < -0.3 is 28.7 Å². The maximum Gasteiger partial charge on any atom is 0.280 e. The number of aliphatic hydroxyl groups is 2. The molecule has 10 nitrogen and oxygen atoms in total. The molecule has 1 fully saturated rings. The summed E-state index contributed by atoms with van der Waals surface area (Å²) in [6.45, 7) is 1.83. The summed E-state index contributed by atoms with van der Waals surface area (Å²) in [5.74, 6) is 0.902. The highest BCUT2D eigenvalue weighted by atomic mass is 35.5. The number of hydrogen-bond donors (Lipinski definition) is 2. The van der Waals surface area contributed by atoms with Gasteiger partial charge in [-0.05, 0) is 48.1 Å². The zero-order valence-corrected chi connectivity index (χ0v) is 27.6. The third-order valence-electron chi connectivity index (χ3n) is 8.72. The molecular formula is C34H31Cl3N4O6. The molecule has 3 aromatic heterocycles. The first-order chi connectivity index (χ1) is 22.7. The highest BCUT2D eigenvalue weighted by Crippen LogP contribution is 2.45. The van der Waals surface area contributed by atoms with E-state index in [4.69, 9.17) is 48.7 Å². The summed E-state index contributed by atoms with van der Waals surface area (Å²) >= 11 is 20.1. The zero-order valence-electron chi connectivity index (χ0n) is 25.4. The van der Waals surface area contributed by atoms with Crippen LogP contribution in [0.3, 0.4) is 0 Å². The molecule has 13 heteroatoms. The van der Waals surface area contributed by atoms with Gasteiger partial charge >= 0.3 is 0 Å². The Labute approximate surface area is 285 Å². The van der Waals surface area contributed by atoms with Crippen LogP contribution in [-0.4, -0.2) is 62.6 Å². The van der Waals surface area contributed by atoms with E-state index in [1.807, 2.05) is 36.4 Å². The molecule has 0 spiro atoms. The number of β-amino-alcohol motifs (C(OH)–C–C–N with tert-alkyl or cyclic N) is 1. The molecule has 2 N–H and O–H groups in total. The Morgan fingerprint density at radius 1 is 1.02 bits per heavy atom. The van der Waals surface area contributed by atoms with Crippen molar-refractivity contribution in [2.24, 2.45) is 0 Å². The number of methoxy groups -OCH3 is 1. The summed E-state index contributed by atoms with van der Waals surface area (Å²) in [6.07, 6.45) is 3.00. The Morgan fingerprint density at radius 3 is 2.57 bits per heavy atom. The van der Waals surface area contributed by atoms with Gasteiger partial charge in [-0.3, -0.25) is 9.69 Å². The number of oxazole rings is 1. The van der Waals surface area contributed by atoms with Crippen LogP contribution in [0, 0.1) is 0 Å². The van der Waals surface area contributed by atoms with Crippen molar-refractivity contribution >= 4 is 45.9 Å². The Kier molecular flexibility index (Phi) is 8.90. The Balaban J connectivity index is 1.19. The van der Waals surface area contributed by atoms with Crippen LogP contribution in [0.15, 0.2) is 57.9 Å². The number of aromatic nitrogens is 3. The lowest BCUT2D eigenvalue weighted by molar-refractivity contribution is 0.174. The van der Waals surface area contributed by atoms with Gasteiger partial charge in [-0.25, -0.2) is 4.98 Å². The van der Waals surface area contributed by atoms with Gasteiger partial charge in [0.1, 0.15) is 16.1 Å². The molecule has 5 aromatic rings. The molecule has 2 aromatic carbocycles. The maximum atomic E-state index is 12.9. The molecule has 2 aliphatic rings. The van der Waals surface area contributed by atoms with Crippen LogP contribution in [-0.2, 0) is 19.5 Å². The minimum absolute atomic E-state index is 0.0646. The lowest BCUT2D eigenvalue weighted by Gasteiger charge is -2.20. The fourth-order valence-electron chi connectivity index (χ4n) is 6.50. The maximum absolute atomic E-state index is 12.9. The number of halogens is 3. The van der Waals surface area contributed by atoms with Gasteiger partial charge in [-0.2, -0.15) is 4.98 Å². The predicted octanol–water partition coefficient (Wildman–Crippen LogP) is 6.31.